The second kappa shape index (κ2) is 10.5. The first-order chi connectivity index (χ1) is 15.9. The van der Waals surface area contributed by atoms with Crippen LogP contribution in [0.5, 0.6) is 11.5 Å². The zero-order valence-corrected chi connectivity index (χ0v) is 18.8. The Hall–Kier alpha value is -4.07. The van der Waals surface area contributed by atoms with Gasteiger partial charge in [-0.3, -0.25) is 15.0 Å². The Kier molecular flexibility index (Phi) is 7.50. The Morgan fingerprint density at radius 3 is 2.58 bits per heavy atom. The lowest BCUT2D eigenvalue weighted by molar-refractivity contribution is -0.148. The summed E-state index contributed by atoms with van der Waals surface area (Å²) in [5.74, 6) is -0.738. The molecule has 2 aromatic carbocycles. The molecule has 3 rings (SSSR count). The number of carbonyl (C=O) groups is 3. The number of anilines is 1. The predicted octanol–water partition coefficient (Wildman–Crippen LogP) is 3.22. The molecule has 1 unspecified atom stereocenters. The number of rotatable bonds is 9. The van der Waals surface area contributed by atoms with E-state index >= 15 is 0 Å². The summed E-state index contributed by atoms with van der Waals surface area (Å²) in [6, 6.07) is 12.3. The Balaban J connectivity index is 2.01. The molecule has 8 nitrogen and oxygen atoms in total. The molecule has 1 saturated heterocycles. The van der Waals surface area contributed by atoms with Crippen molar-refractivity contribution in [3.8, 4) is 11.5 Å². The van der Waals surface area contributed by atoms with E-state index in [0.29, 0.717) is 41.3 Å². The van der Waals surface area contributed by atoms with Crippen molar-refractivity contribution < 1.29 is 28.6 Å². The van der Waals surface area contributed by atoms with Crippen molar-refractivity contribution in [3.63, 3.8) is 0 Å². The highest BCUT2D eigenvalue weighted by molar-refractivity contribution is 6.31. The quantitative estimate of drug-likeness (QED) is 0.273. The van der Waals surface area contributed by atoms with Gasteiger partial charge in [-0.1, -0.05) is 24.3 Å². The number of hydrazine groups is 1. The van der Waals surface area contributed by atoms with E-state index in [2.05, 4.69) is 12.0 Å². The summed E-state index contributed by atoms with van der Waals surface area (Å²) in [6.07, 6.45) is 2.74. The van der Waals surface area contributed by atoms with Gasteiger partial charge in [-0.25, -0.2) is 9.80 Å². The minimum Gasteiger partial charge on any atom is -0.490 e. The fraction of sp³-hybridized carbons (Fsp3) is 0.240. The number of ether oxygens (including phenoxy) is 3. The van der Waals surface area contributed by atoms with Crippen LogP contribution in [0, 0.1) is 0 Å². The lowest BCUT2D eigenvalue weighted by atomic mass is 10.0. The Labute approximate surface area is 192 Å². The van der Waals surface area contributed by atoms with E-state index in [1.165, 1.54) is 18.2 Å². The molecule has 1 aliphatic heterocycles. The van der Waals surface area contributed by atoms with Crippen LogP contribution in [-0.4, -0.2) is 37.6 Å². The summed E-state index contributed by atoms with van der Waals surface area (Å²) in [5.41, 5.74) is 4.38. The van der Waals surface area contributed by atoms with Gasteiger partial charge < -0.3 is 14.2 Å². The average molecular weight is 450 g/mol. The molecule has 0 aromatic heterocycles. The van der Waals surface area contributed by atoms with Crippen LogP contribution in [0.25, 0.3) is 6.08 Å². The molecule has 1 fully saturated rings. The van der Waals surface area contributed by atoms with E-state index in [1.54, 1.807) is 49.4 Å². The monoisotopic (exact) mass is 450 g/mol. The van der Waals surface area contributed by atoms with E-state index in [1.807, 2.05) is 13.0 Å². The lowest BCUT2D eigenvalue weighted by Gasteiger charge is -2.19. The third kappa shape index (κ3) is 5.23. The van der Waals surface area contributed by atoms with E-state index in [4.69, 9.17) is 14.2 Å². The molecule has 1 N–H and O–H groups in total. The molecule has 0 bridgehead atoms. The average Bonchev–Trinajstić information content (AvgIpc) is 3.09. The van der Waals surface area contributed by atoms with Crippen molar-refractivity contribution in [3.05, 3.63) is 71.8 Å². The van der Waals surface area contributed by atoms with Crippen LogP contribution < -0.4 is 19.9 Å². The summed E-state index contributed by atoms with van der Waals surface area (Å²) in [6.45, 7) is 7.52. The highest BCUT2D eigenvalue weighted by Crippen LogP contribution is 2.36. The number of amides is 2. The minimum atomic E-state index is -0.858. The van der Waals surface area contributed by atoms with Gasteiger partial charge in [0.05, 0.1) is 19.4 Å². The maximum absolute atomic E-state index is 12.9. The summed E-state index contributed by atoms with van der Waals surface area (Å²) in [7, 11) is 1.29. The van der Waals surface area contributed by atoms with Crippen molar-refractivity contribution >= 4 is 29.5 Å². The smallest absolute Gasteiger partial charge is 0.346 e. The van der Waals surface area contributed by atoms with Gasteiger partial charge in [0.25, 0.3) is 11.8 Å². The van der Waals surface area contributed by atoms with Crippen LogP contribution in [-0.2, 0) is 25.5 Å². The molecule has 2 aromatic rings. The number of allylic oxidation sites excluding steroid dienone is 1. The van der Waals surface area contributed by atoms with Crippen LogP contribution in [0.1, 0.15) is 25.0 Å². The molecule has 33 heavy (non-hydrogen) atoms. The van der Waals surface area contributed by atoms with Gasteiger partial charge in [-0.2, -0.15) is 0 Å². The van der Waals surface area contributed by atoms with Crippen molar-refractivity contribution in [2.75, 3.05) is 18.7 Å². The van der Waals surface area contributed by atoms with Crippen molar-refractivity contribution in [1.82, 2.24) is 5.43 Å². The van der Waals surface area contributed by atoms with Gasteiger partial charge in [0.15, 0.2) is 17.6 Å². The van der Waals surface area contributed by atoms with E-state index in [9.17, 15) is 14.4 Å². The van der Waals surface area contributed by atoms with Gasteiger partial charge in [-0.15, -0.1) is 6.58 Å². The maximum Gasteiger partial charge on any atom is 0.346 e. The SMILES string of the molecule is C=CCc1cc(C=C2C(=O)NN(c3ccccc3)C2=O)cc(OCC)c1OC(C)C(=O)OC. The van der Waals surface area contributed by atoms with Gasteiger partial charge in [0.1, 0.15) is 5.57 Å². The standard InChI is InChI=1S/C25H26N2O6/c1-5-10-18-13-17(15-21(32-6-2)22(18)33-16(3)25(30)31-4)14-20-23(28)26-27(24(20)29)19-11-8-7-9-12-19/h5,7-9,11-16H,1,6,10H2,2-4H3,(H,26,28). The van der Waals surface area contributed by atoms with Crippen LogP contribution in [0.4, 0.5) is 5.69 Å². The number of hydrogen-bond acceptors (Lipinski definition) is 6. The highest BCUT2D eigenvalue weighted by Gasteiger charge is 2.34. The predicted molar refractivity (Wildman–Crippen MR) is 124 cm³/mol. The second-order valence-electron chi connectivity index (χ2n) is 7.19. The molecule has 172 valence electrons. The van der Waals surface area contributed by atoms with Crippen LogP contribution in [0.15, 0.2) is 60.7 Å². The normalized spacial score (nSPS) is 15.2. The third-order valence-electron chi connectivity index (χ3n) is 4.86. The zero-order chi connectivity index (χ0) is 24.0. The highest BCUT2D eigenvalue weighted by atomic mass is 16.6. The molecule has 2 amide bonds. The first kappa shape index (κ1) is 23.6. The number of methoxy groups -OCH3 is 1. The molecule has 1 heterocycles. The number of hydrogen-bond donors (Lipinski definition) is 1. The van der Waals surface area contributed by atoms with Gasteiger partial charge in [-0.05, 0) is 56.2 Å². The zero-order valence-electron chi connectivity index (χ0n) is 18.8. The molecular formula is C25H26N2O6. The fourth-order valence-electron chi connectivity index (χ4n) is 3.34. The first-order valence-corrected chi connectivity index (χ1v) is 10.5. The number of esters is 1. The summed E-state index contributed by atoms with van der Waals surface area (Å²) < 4.78 is 16.4. The Bertz CT molecular complexity index is 1090. The van der Waals surface area contributed by atoms with Crippen molar-refractivity contribution in [2.24, 2.45) is 0 Å². The summed E-state index contributed by atoms with van der Waals surface area (Å²) >= 11 is 0. The molecule has 8 heteroatoms. The summed E-state index contributed by atoms with van der Waals surface area (Å²) in [5, 5.41) is 1.21. The van der Waals surface area contributed by atoms with Crippen LogP contribution in [0.2, 0.25) is 0 Å². The topological polar surface area (TPSA) is 94.2 Å². The number of para-hydroxylation sites is 1. The number of nitrogens with one attached hydrogen (secondary N) is 1. The largest absolute Gasteiger partial charge is 0.490 e. The molecule has 1 aliphatic rings. The lowest BCUT2D eigenvalue weighted by Crippen LogP contribution is -2.35. The third-order valence-corrected chi connectivity index (χ3v) is 4.86. The molecule has 0 spiro atoms. The second-order valence-corrected chi connectivity index (χ2v) is 7.19. The van der Waals surface area contributed by atoms with E-state index < -0.39 is 23.9 Å². The number of nitrogens with zero attached hydrogens (tertiary/aromatic N) is 1. The molecule has 0 radical (unpaired) electrons. The Morgan fingerprint density at radius 2 is 1.94 bits per heavy atom. The molecule has 0 saturated carbocycles. The summed E-state index contributed by atoms with van der Waals surface area (Å²) in [4.78, 5) is 37.3. The molecular weight excluding hydrogens is 424 g/mol. The number of benzene rings is 2. The van der Waals surface area contributed by atoms with Crippen LogP contribution >= 0.6 is 0 Å². The molecule has 0 aliphatic carbocycles. The van der Waals surface area contributed by atoms with E-state index in [-0.39, 0.29) is 5.57 Å². The van der Waals surface area contributed by atoms with E-state index in [0.717, 1.165) is 0 Å². The van der Waals surface area contributed by atoms with Crippen LogP contribution in [0.3, 0.4) is 0 Å². The Morgan fingerprint density at radius 1 is 1.21 bits per heavy atom. The first-order valence-electron chi connectivity index (χ1n) is 10.5. The maximum atomic E-state index is 12.9. The number of carbonyl (C=O) groups excluding carboxylic acids is 3. The fourth-order valence-corrected chi connectivity index (χ4v) is 3.34. The van der Waals surface area contributed by atoms with Crippen molar-refractivity contribution in [1.29, 1.82) is 0 Å². The van der Waals surface area contributed by atoms with Gasteiger partial charge >= 0.3 is 5.97 Å². The molecule has 1 atom stereocenters. The van der Waals surface area contributed by atoms with Gasteiger partial charge in [0, 0.05) is 5.56 Å². The van der Waals surface area contributed by atoms with Crippen molar-refractivity contribution in [2.45, 2.75) is 26.4 Å². The van der Waals surface area contributed by atoms with Gasteiger partial charge in [0.2, 0.25) is 0 Å². The minimum absolute atomic E-state index is 0.0116.